The number of hydrogen-bond acceptors (Lipinski definition) is 3. The lowest BCUT2D eigenvalue weighted by Crippen LogP contribution is -2.17. The van der Waals surface area contributed by atoms with Crippen LogP contribution in [0.5, 0.6) is 5.75 Å². The van der Waals surface area contributed by atoms with Crippen LogP contribution in [0.2, 0.25) is 10.0 Å². The third kappa shape index (κ3) is 3.60. The summed E-state index contributed by atoms with van der Waals surface area (Å²) in [6, 6.07) is 7.21. The molecule has 0 fully saturated rings. The van der Waals surface area contributed by atoms with E-state index in [9.17, 15) is 5.11 Å². The SMILES string of the molecule is CCC(CC)Nc1nccc(-c2ccc(Cl)cc2Cl)c1O. The molecular formula is C16H18Cl2N2O. The Morgan fingerprint density at radius 2 is 1.86 bits per heavy atom. The van der Waals surface area contributed by atoms with E-state index in [0.29, 0.717) is 21.4 Å². The minimum absolute atomic E-state index is 0.105. The Bertz CT molecular complexity index is 628. The summed E-state index contributed by atoms with van der Waals surface area (Å²) in [6.07, 6.45) is 3.58. The van der Waals surface area contributed by atoms with E-state index in [2.05, 4.69) is 24.1 Å². The van der Waals surface area contributed by atoms with E-state index >= 15 is 0 Å². The molecular weight excluding hydrogens is 307 g/mol. The van der Waals surface area contributed by atoms with Crippen LogP contribution in [0, 0.1) is 0 Å². The topological polar surface area (TPSA) is 45.2 Å². The maximum Gasteiger partial charge on any atom is 0.169 e. The zero-order valence-electron chi connectivity index (χ0n) is 12.0. The van der Waals surface area contributed by atoms with Crippen LogP contribution in [-0.2, 0) is 0 Å². The van der Waals surface area contributed by atoms with Gasteiger partial charge in [-0.15, -0.1) is 0 Å². The number of pyridine rings is 1. The summed E-state index contributed by atoms with van der Waals surface area (Å²) in [5, 5.41) is 14.8. The van der Waals surface area contributed by atoms with Crippen molar-refractivity contribution >= 4 is 29.0 Å². The summed E-state index contributed by atoms with van der Waals surface area (Å²) in [7, 11) is 0. The Kier molecular flexibility index (Phi) is 5.32. The first-order valence-corrected chi connectivity index (χ1v) is 7.72. The van der Waals surface area contributed by atoms with Crippen molar-refractivity contribution in [2.24, 2.45) is 0 Å². The fourth-order valence-corrected chi connectivity index (χ4v) is 2.68. The predicted octanol–water partition coefficient (Wildman–Crippen LogP) is 5.36. The lowest BCUT2D eigenvalue weighted by atomic mass is 10.1. The second-order valence-electron chi connectivity index (χ2n) is 4.84. The molecule has 1 aromatic carbocycles. The molecule has 0 aliphatic carbocycles. The maximum atomic E-state index is 10.5. The zero-order valence-corrected chi connectivity index (χ0v) is 13.5. The standard InChI is InChI=1S/C16H18Cl2N2O/c1-3-11(4-2)20-16-15(21)13(7-8-19-16)12-6-5-10(17)9-14(12)18/h5-9,11,21H,3-4H2,1-2H3,(H,19,20). The summed E-state index contributed by atoms with van der Waals surface area (Å²) < 4.78 is 0. The molecule has 0 radical (unpaired) electrons. The average molecular weight is 325 g/mol. The van der Waals surface area contributed by atoms with E-state index < -0.39 is 0 Å². The fraction of sp³-hybridized carbons (Fsp3) is 0.312. The van der Waals surface area contributed by atoms with Crippen molar-refractivity contribution < 1.29 is 5.11 Å². The smallest absolute Gasteiger partial charge is 0.169 e. The van der Waals surface area contributed by atoms with Crippen LogP contribution in [0.25, 0.3) is 11.1 Å². The Labute approximate surface area is 134 Å². The summed E-state index contributed by atoms with van der Waals surface area (Å²) >= 11 is 12.1. The van der Waals surface area contributed by atoms with E-state index in [0.717, 1.165) is 18.4 Å². The third-order valence-corrected chi connectivity index (χ3v) is 4.02. The van der Waals surface area contributed by atoms with Crippen LogP contribution < -0.4 is 5.32 Å². The number of aromatic hydroxyl groups is 1. The minimum atomic E-state index is 0.105. The first-order chi connectivity index (χ1) is 10.1. The molecule has 112 valence electrons. The van der Waals surface area contributed by atoms with E-state index in [1.807, 2.05) is 0 Å². The number of hydrogen-bond donors (Lipinski definition) is 2. The monoisotopic (exact) mass is 324 g/mol. The molecule has 5 heteroatoms. The van der Waals surface area contributed by atoms with Gasteiger partial charge in [-0.05, 0) is 31.0 Å². The fourth-order valence-electron chi connectivity index (χ4n) is 2.17. The van der Waals surface area contributed by atoms with Gasteiger partial charge in [0, 0.05) is 28.4 Å². The second kappa shape index (κ2) is 7.01. The van der Waals surface area contributed by atoms with Crippen LogP contribution in [-0.4, -0.2) is 16.1 Å². The van der Waals surface area contributed by atoms with Crippen LogP contribution in [0.1, 0.15) is 26.7 Å². The van der Waals surface area contributed by atoms with E-state index in [1.165, 1.54) is 0 Å². The van der Waals surface area contributed by atoms with E-state index in [4.69, 9.17) is 23.2 Å². The quantitative estimate of drug-likeness (QED) is 0.777. The molecule has 0 saturated carbocycles. The lowest BCUT2D eigenvalue weighted by Gasteiger charge is -2.17. The summed E-state index contributed by atoms with van der Waals surface area (Å²) in [5.41, 5.74) is 1.37. The van der Waals surface area contributed by atoms with Gasteiger partial charge in [0.2, 0.25) is 0 Å². The number of nitrogens with one attached hydrogen (secondary N) is 1. The number of anilines is 1. The van der Waals surface area contributed by atoms with Crippen molar-refractivity contribution in [1.29, 1.82) is 0 Å². The highest BCUT2D eigenvalue weighted by molar-refractivity contribution is 6.36. The molecule has 1 aromatic heterocycles. The summed E-state index contributed by atoms with van der Waals surface area (Å²) in [4.78, 5) is 4.22. The van der Waals surface area contributed by atoms with Crippen LogP contribution in [0.3, 0.4) is 0 Å². The van der Waals surface area contributed by atoms with Crippen molar-refractivity contribution in [2.45, 2.75) is 32.7 Å². The van der Waals surface area contributed by atoms with Gasteiger partial charge in [-0.25, -0.2) is 4.98 Å². The van der Waals surface area contributed by atoms with Crippen molar-refractivity contribution in [2.75, 3.05) is 5.32 Å². The normalized spacial score (nSPS) is 10.9. The highest BCUT2D eigenvalue weighted by Gasteiger charge is 2.15. The van der Waals surface area contributed by atoms with Crippen molar-refractivity contribution in [3.63, 3.8) is 0 Å². The molecule has 1 heterocycles. The number of rotatable bonds is 5. The van der Waals surface area contributed by atoms with Gasteiger partial charge in [-0.1, -0.05) is 43.1 Å². The van der Waals surface area contributed by atoms with E-state index in [1.54, 1.807) is 30.5 Å². The Morgan fingerprint density at radius 1 is 1.14 bits per heavy atom. The maximum absolute atomic E-state index is 10.5. The first-order valence-electron chi connectivity index (χ1n) is 6.96. The third-order valence-electron chi connectivity index (χ3n) is 3.47. The summed E-state index contributed by atoms with van der Waals surface area (Å²) in [6.45, 7) is 4.19. The van der Waals surface area contributed by atoms with Gasteiger partial charge in [0.15, 0.2) is 11.6 Å². The van der Waals surface area contributed by atoms with Crippen LogP contribution in [0.4, 0.5) is 5.82 Å². The van der Waals surface area contributed by atoms with Gasteiger partial charge in [0.25, 0.3) is 0 Å². The second-order valence-corrected chi connectivity index (χ2v) is 5.68. The molecule has 21 heavy (non-hydrogen) atoms. The molecule has 0 spiro atoms. The van der Waals surface area contributed by atoms with Crippen molar-refractivity contribution in [1.82, 2.24) is 4.98 Å². The van der Waals surface area contributed by atoms with E-state index in [-0.39, 0.29) is 11.8 Å². The highest BCUT2D eigenvalue weighted by atomic mass is 35.5. The molecule has 2 N–H and O–H groups in total. The number of aromatic nitrogens is 1. The van der Waals surface area contributed by atoms with Crippen LogP contribution >= 0.6 is 23.2 Å². The van der Waals surface area contributed by atoms with Crippen molar-refractivity contribution in [3.05, 3.63) is 40.5 Å². The number of benzene rings is 1. The molecule has 0 unspecified atom stereocenters. The minimum Gasteiger partial charge on any atom is -0.504 e. The van der Waals surface area contributed by atoms with Crippen LogP contribution in [0.15, 0.2) is 30.5 Å². The molecule has 0 aliphatic heterocycles. The molecule has 0 saturated heterocycles. The predicted molar refractivity (Wildman–Crippen MR) is 89.4 cm³/mol. The Morgan fingerprint density at radius 3 is 2.48 bits per heavy atom. The average Bonchev–Trinajstić information content (AvgIpc) is 2.47. The first kappa shape index (κ1) is 15.9. The molecule has 2 rings (SSSR count). The van der Waals surface area contributed by atoms with Crippen molar-refractivity contribution in [3.8, 4) is 16.9 Å². The Hall–Kier alpha value is -1.45. The van der Waals surface area contributed by atoms with Gasteiger partial charge >= 0.3 is 0 Å². The molecule has 0 atom stereocenters. The molecule has 0 amide bonds. The van der Waals surface area contributed by atoms with Gasteiger partial charge in [0.1, 0.15) is 0 Å². The van der Waals surface area contributed by atoms with Gasteiger partial charge in [-0.3, -0.25) is 0 Å². The zero-order chi connectivity index (χ0) is 15.4. The lowest BCUT2D eigenvalue weighted by molar-refractivity contribution is 0.475. The molecule has 0 bridgehead atoms. The molecule has 0 aliphatic rings. The van der Waals surface area contributed by atoms with Gasteiger partial charge < -0.3 is 10.4 Å². The number of nitrogens with zero attached hydrogens (tertiary/aromatic N) is 1. The van der Waals surface area contributed by atoms with Gasteiger partial charge in [-0.2, -0.15) is 0 Å². The Balaban J connectivity index is 2.42. The van der Waals surface area contributed by atoms with Gasteiger partial charge in [0.05, 0.1) is 5.02 Å². The largest absolute Gasteiger partial charge is 0.504 e. The molecule has 2 aromatic rings. The number of halogens is 2. The highest BCUT2D eigenvalue weighted by Crippen LogP contribution is 2.38. The summed E-state index contributed by atoms with van der Waals surface area (Å²) in [5.74, 6) is 0.584. The molecule has 3 nitrogen and oxygen atoms in total.